The molecule has 4 heterocycles. The minimum absolute atomic E-state index is 0.428. The van der Waals surface area contributed by atoms with Gasteiger partial charge in [0.2, 0.25) is 0 Å². The van der Waals surface area contributed by atoms with E-state index in [2.05, 4.69) is 371 Å². The highest BCUT2D eigenvalue weighted by Crippen LogP contribution is 2.49. The summed E-state index contributed by atoms with van der Waals surface area (Å²) >= 11 is 0. The van der Waals surface area contributed by atoms with Crippen LogP contribution in [0.3, 0.4) is 0 Å². The van der Waals surface area contributed by atoms with Crippen molar-refractivity contribution in [2.75, 3.05) is 9.80 Å². The number of aromatic nitrogens is 4. The van der Waals surface area contributed by atoms with Crippen LogP contribution in [0.5, 0.6) is 0 Å². The zero-order valence-corrected chi connectivity index (χ0v) is 52.9. The monoisotopic (exact) mass is 1210 g/mol. The summed E-state index contributed by atoms with van der Waals surface area (Å²) in [5, 5.41) is 12.0. The Bertz CT molecular complexity index is 5580. The summed E-state index contributed by atoms with van der Waals surface area (Å²) in [6.07, 6.45) is 0. The van der Waals surface area contributed by atoms with Crippen LogP contribution < -0.4 is 9.80 Å². The summed E-state index contributed by atoms with van der Waals surface area (Å²) in [4.78, 5) is 4.93. The molecule has 0 N–H and O–H groups in total. The Balaban J connectivity index is 0.870. The van der Waals surface area contributed by atoms with Gasteiger partial charge in [0.25, 0.3) is 0 Å². The number of anilines is 6. The molecular formula is C88H66N6. The second-order valence-electron chi connectivity index (χ2n) is 25.6. The molecule has 0 spiro atoms. The second-order valence-corrected chi connectivity index (χ2v) is 25.6. The van der Waals surface area contributed by atoms with Gasteiger partial charge < -0.3 is 28.1 Å². The molecule has 0 aliphatic rings. The number of hydrogen-bond acceptors (Lipinski definition) is 2. The summed E-state index contributed by atoms with van der Waals surface area (Å²) in [6.45, 7) is 9.05. The predicted molar refractivity (Wildman–Crippen MR) is 399 cm³/mol. The van der Waals surface area contributed by atoms with Gasteiger partial charge in [0.15, 0.2) is 0 Å². The zero-order valence-electron chi connectivity index (χ0n) is 52.9. The van der Waals surface area contributed by atoms with Gasteiger partial charge in [-0.05, 0) is 144 Å². The molecule has 6 heteroatoms. The number of hydrogen-bond donors (Lipinski definition) is 0. The molecule has 0 radical (unpaired) electrons. The van der Waals surface area contributed by atoms with Crippen molar-refractivity contribution in [3.8, 4) is 22.7 Å². The fourth-order valence-corrected chi connectivity index (χ4v) is 15.3. The van der Waals surface area contributed by atoms with Crippen LogP contribution in [0.1, 0.15) is 50.7 Å². The Kier molecular flexibility index (Phi) is 12.8. The van der Waals surface area contributed by atoms with Crippen LogP contribution in [0.4, 0.5) is 34.1 Å². The van der Waals surface area contributed by atoms with E-state index in [4.69, 9.17) is 0 Å². The van der Waals surface area contributed by atoms with E-state index >= 15 is 0 Å². The number of rotatable bonds is 12. The molecular weight excluding hydrogens is 1140 g/mol. The topological polar surface area (TPSA) is 26.2 Å². The summed E-state index contributed by atoms with van der Waals surface area (Å²) in [5.74, 6) is 0.857. The van der Waals surface area contributed by atoms with Crippen molar-refractivity contribution in [3.63, 3.8) is 0 Å². The first-order valence-electron chi connectivity index (χ1n) is 32.9. The molecule has 0 aliphatic carbocycles. The quantitative estimate of drug-likeness (QED) is 0.122. The molecule has 18 rings (SSSR count). The standard InChI is InChI=1S/C88H66N6/c1-57(2)59-39-43-65(44-40-59)91-79-35-19-17-31-69(79)73-33-21-37-81(87(73)91)89(61-23-9-5-10-24-61)67-47-49-71-75-51-53-78-77(85(75)93(83(71)55-67)63-27-13-7-14-28-63)54-52-76-72-50-48-68(56-84(72)94(86(76)78)64-29-15-8-16-30-64)90(62-25-11-6-12-26-62)82-38-22-34-74-70-32-18-20-36-80(70)92(88(74)82)66-45-41-60(42-46-66)58(3)4/h5-58H,1-4H3. The normalized spacial score (nSPS) is 12.0. The van der Waals surface area contributed by atoms with Gasteiger partial charge >= 0.3 is 0 Å². The van der Waals surface area contributed by atoms with E-state index in [1.807, 2.05) is 0 Å². The van der Waals surface area contributed by atoms with Crippen molar-refractivity contribution in [2.24, 2.45) is 0 Å². The maximum absolute atomic E-state index is 2.52. The van der Waals surface area contributed by atoms with Gasteiger partial charge in [0.1, 0.15) is 0 Å². The predicted octanol–water partition coefficient (Wildman–Crippen LogP) is 24.4. The molecule has 14 aromatic carbocycles. The van der Waals surface area contributed by atoms with Crippen LogP contribution in [-0.4, -0.2) is 18.3 Å². The molecule has 0 saturated carbocycles. The van der Waals surface area contributed by atoms with E-state index in [1.54, 1.807) is 0 Å². The van der Waals surface area contributed by atoms with Crippen molar-refractivity contribution in [1.29, 1.82) is 0 Å². The highest BCUT2D eigenvalue weighted by Gasteiger charge is 2.27. The Morgan fingerprint density at radius 3 is 0.883 bits per heavy atom. The van der Waals surface area contributed by atoms with Crippen LogP contribution >= 0.6 is 0 Å². The average molecular weight is 1210 g/mol. The van der Waals surface area contributed by atoms with E-state index in [0.29, 0.717) is 11.8 Å². The highest BCUT2D eigenvalue weighted by molar-refractivity contribution is 6.27. The van der Waals surface area contributed by atoms with E-state index in [-0.39, 0.29) is 0 Å². The Hall–Kier alpha value is -11.9. The lowest BCUT2D eigenvalue weighted by Gasteiger charge is -2.27. The van der Waals surface area contributed by atoms with E-state index in [1.165, 1.54) is 87.1 Å². The van der Waals surface area contributed by atoms with Gasteiger partial charge in [-0.25, -0.2) is 0 Å². The van der Waals surface area contributed by atoms with Gasteiger partial charge in [-0.15, -0.1) is 0 Å². The molecule has 0 amide bonds. The highest BCUT2D eigenvalue weighted by atomic mass is 15.2. The van der Waals surface area contributed by atoms with Crippen molar-refractivity contribution in [2.45, 2.75) is 39.5 Å². The Morgan fingerprint density at radius 1 is 0.213 bits per heavy atom. The molecule has 94 heavy (non-hydrogen) atoms. The van der Waals surface area contributed by atoms with Gasteiger partial charge in [-0.3, -0.25) is 0 Å². The summed E-state index contributed by atoms with van der Waals surface area (Å²) in [7, 11) is 0. The van der Waals surface area contributed by atoms with E-state index < -0.39 is 0 Å². The fourth-order valence-electron chi connectivity index (χ4n) is 15.3. The molecule has 0 unspecified atom stereocenters. The van der Waals surface area contributed by atoms with E-state index in [0.717, 1.165) is 78.9 Å². The van der Waals surface area contributed by atoms with Gasteiger partial charge in [0, 0.05) is 99.4 Å². The summed E-state index contributed by atoms with van der Waals surface area (Å²) in [5.41, 5.74) is 22.8. The van der Waals surface area contributed by atoms with E-state index in [9.17, 15) is 0 Å². The molecule has 0 aliphatic heterocycles. The number of nitrogens with zero attached hydrogens (tertiary/aromatic N) is 6. The van der Waals surface area contributed by atoms with Crippen molar-refractivity contribution < 1.29 is 0 Å². The van der Waals surface area contributed by atoms with Crippen molar-refractivity contribution in [1.82, 2.24) is 18.3 Å². The van der Waals surface area contributed by atoms with Crippen LogP contribution in [0.15, 0.2) is 315 Å². The molecule has 4 aromatic heterocycles. The molecule has 0 saturated heterocycles. The maximum Gasteiger partial charge on any atom is 0.0782 e. The summed E-state index contributed by atoms with van der Waals surface area (Å²) in [6, 6.07) is 117. The lowest BCUT2D eigenvalue weighted by atomic mass is 10.0. The fraction of sp³-hybridized carbons (Fsp3) is 0.0682. The van der Waals surface area contributed by atoms with Gasteiger partial charge in [-0.1, -0.05) is 222 Å². The minimum atomic E-state index is 0.428. The van der Waals surface area contributed by atoms with Crippen LogP contribution in [-0.2, 0) is 0 Å². The minimum Gasteiger partial charge on any atom is -0.309 e. The SMILES string of the molecule is CC(C)c1ccc(-n2c3ccccc3c3cccc(N(c4ccccc4)c4ccc5c6ccc7c(ccc8c9ccc(N(c%10ccccc%10)c%10cccc%11c%12ccccc%12n(-c%12ccc(C(C)C)cc%12)c%10%11)cc9n(-c9ccccc9)c87)c6n(-c6ccccc6)c5c4)c32)cc1. The number of para-hydroxylation sites is 8. The first-order chi connectivity index (χ1) is 46.3. The van der Waals surface area contributed by atoms with Crippen LogP contribution in [0.25, 0.3) is 121 Å². The first kappa shape index (κ1) is 55.0. The van der Waals surface area contributed by atoms with Gasteiger partial charge in [0.05, 0.1) is 55.5 Å². The third kappa shape index (κ3) is 8.56. The maximum atomic E-state index is 2.52. The largest absolute Gasteiger partial charge is 0.309 e. The molecule has 6 nitrogen and oxygen atoms in total. The third-order valence-electron chi connectivity index (χ3n) is 19.7. The molecule has 0 fully saturated rings. The Labute approximate surface area is 545 Å². The van der Waals surface area contributed by atoms with Gasteiger partial charge in [-0.2, -0.15) is 0 Å². The smallest absolute Gasteiger partial charge is 0.0782 e. The van der Waals surface area contributed by atoms with Crippen molar-refractivity contribution >= 4 is 132 Å². The van der Waals surface area contributed by atoms with Crippen LogP contribution in [0.2, 0.25) is 0 Å². The molecule has 0 bridgehead atoms. The molecule has 18 aromatic rings. The molecule has 0 atom stereocenters. The van der Waals surface area contributed by atoms with Crippen LogP contribution in [0, 0.1) is 0 Å². The number of fused-ring (bicyclic) bond motifs is 15. The second kappa shape index (κ2) is 21.9. The number of benzene rings is 14. The lowest BCUT2D eigenvalue weighted by molar-refractivity contribution is 0.865. The lowest BCUT2D eigenvalue weighted by Crippen LogP contribution is -2.12. The first-order valence-corrected chi connectivity index (χ1v) is 32.9. The Morgan fingerprint density at radius 2 is 0.500 bits per heavy atom. The average Bonchev–Trinajstić information content (AvgIpc) is 1.55. The zero-order chi connectivity index (χ0) is 62.7. The summed E-state index contributed by atoms with van der Waals surface area (Å²) < 4.78 is 9.97. The molecule has 448 valence electrons. The third-order valence-corrected chi connectivity index (χ3v) is 19.7. The van der Waals surface area contributed by atoms with Crippen molar-refractivity contribution in [3.05, 3.63) is 327 Å².